The van der Waals surface area contributed by atoms with Gasteiger partial charge in [-0.3, -0.25) is 4.90 Å². The van der Waals surface area contributed by atoms with Gasteiger partial charge in [0.2, 0.25) is 0 Å². The second-order valence-electron chi connectivity index (χ2n) is 6.53. The van der Waals surface area contributed by atoms with Gasteiger partial charge >= 0.3 is 0 Å². The highest BCUT2D eigenvalue weighted by molar-refractivity contribution is 5.05. The average molecular weight is 269 g/mol. The molecule has 0 bridgehead atoms. The van der Waals surface area contributed by atoms with Crippen molar-refractivity contribution in [3.8, 4) is 0 Å². The van der Waals surface area contributed by atoms with Gasteiger partial charge in [-0.1, -0.05) is 12.8 Å². The molecule has 19 heavy (non-hydrogen) atoms. The third-order valence-corrected chi connectivity index (χ3v) is 5.09. The lowest BCUT2D eigenvalue weighted by molar-refractivity contribution is -0.0825. The Morgan fingerprint density at radius 1 is 1.26 bits per heavy atom. The van der Waals surface area contributed by atoms with E-state index in [9.17, 15) is 0 Å². The van der Waals surface area contributed by atoms with Crippen LogP contribution >= 0.6 is 0 Å². The van der Waals surface area contributed by atoms with Gasteiger partial charge in [-0.2, -0.15) is 0 Å². The van der Waals surface area contributed by atoms with Gasteiger partial charge in [0.25, 0.3) is 0 Å². The average Bonchev–Trinajstić information content (AvgIpc) is 2.86. The van der Waals surface area contributed by atoms with Gasteiger partial charge in [-0.25, -0.2) is 0 Å². The second kappa shape index (κ2) is 6.53. The van der Waals surface area contributed by atoms with Crippen molar-refractivity contribution in [1.82, 2.24) is 9.80 Å². The first-order chi connectivity index (χ1) is 9.14. The van der Waals surface area contributed by atoms with Gasteiger partial charge in [0.1, 0.15) is 0 Å². The van der Waals surface area contributed by atoms with E-state index in [0.29, 0.717) is 12.1 Å². The van der Waals surface area contributed by atoms with Crippen LogP contribution in [0.25, 0.3) is 0 Å². The van der Waals surface area contributed by atoms with Gasteiger partial charge in [-0.15, -0.1) is 0 Å². The predicted molar refractivity (Wildman–Crippen MR) is 79.3 cm³/mol. The highest BCUT2D eigenvalue weighted by Crippen LogP contribution is 2.39. The number of likely N-dealkylation sites (tertiary alicyclic amines) is 1. The summed E-state index contributed by atoms with van der Waals surface area (Å²) in [5.41, 5.74) is 6.33. The van der Waals surface area contributed by atoms with E-state index in [1.165, 1.54) is 45.1 Å². The fourth-order valence-corrected chi connectivity index (χ4v) is 4.24. The van der Waals surface area contributed by atoms with Crippen LogP contribution in [0.15, 0.2) is 0 Å². The van der Waals surface area contributed by atoms with E-state index < -0.39 is 0 Å². The van der Waals surface area contributed by atoms with E-state index in [2.05, 4.69) is 23.9 Å². The number of likely N-dealkylation sites (N-methyl/N-ethyl adjacent to an activating group) is 1. The van der Waals surface area contributed by atoms with E-state index in [1.54, 1.807) is 0 Å². The van der Waals surface area contributed by atoms with Crippen LogP contribution < -0.4 is 5.73 Å². The van der Waals surface area contributed by atoms with Crippen LogP contribution in [-0.2, 0) is 4.74 Å². The van der Waals surface area contributed by atoms with Crippen molar-refractivity contribution in [2.75, 3.05) is 40.8 Å². The molecular weight excluding hydrogens is 238 g/mol. The SMILES string of the molecule is COC1CCCCC1(CN)N1CCCC1CN(C)C. The molecular formula is C15H31N3O. The van der Waals surface area contributed by atoms with Gasteiger partial charge in [0.15, 0.2) is 0 Å². The largest absolute Gasteiger partial charge is 0.379 e. The highest BCUT2D eigenvalue weighted by atomic mass is 16.5. The Balaban J connectivity index is 2.18. The molecule has 0 aromatic carbocycles. The lowest BCUT2D eigenvalue weighted by Crippen LogP contribution is -2.65. The van der Waals surface area contributed by atoms with E-state index >= 15 is 0 Å². The molecule has 1 saturated heterocycles. The molecule has 0 aromatic rings. The van der Waals surface area contributed by atoms with E-state index in [1.807, 2.05) is 7.11 Å². The van der Waals surface area contributed by atoms with Crippen LogP contribution in [-0.4, -0.2) is 68.3 Å². The van der Waals surface area contributed by atoms with Crippen molar-refractivity contribution in [2.24, 2.45) is 5.73 Å². The Morgan fingerprint density at radius 2 is 2.05 bits per heavy atom. The maximum Gasteiger partial charge on any atom is 0.0767 e. The second-order valence-corrected chi connectivity index (χ2v) is 6.53. The van der Waals surface area contributed by atoms with Crippen LogP contribution in [0, 0.1) is 0 Å². The third-order valence-electron chi connectivity index (χ3n) is 5.09. The number of methoxy groups -OCH3 is 1. The fourth-order valence-electron chi connectivity index (χ4n) is 4.24. The summed E-state index contributed by atoms with van der Waals surface area (Å²) in [7, 11) is 6.19. The molecule has 2 fully saturated rings. The normalized spacial score (nSPS) is 37.1. The quantitative estimate of drug-likeness (QED) is 0.817. The molecule has 4 nitrogen and oxygen atoms in total. The highest BCUT2D eigenvalue weighted by Gasteiger charge is 2.48. The Hall–Kier alpha value is -0.160. The topological polar surface area (TPSA) is 41.7 Å². The summed E-state index contributed by atoms with van der Waals surface area (Å²) in [6.45, 7) is 3.06. The number of hydrogen-bond donors (Lipinski definition) is 1. The first kappa shape index (κ1) is 15.2. The first-order valence-electron chi connectivity index (χ1n) is 7.78. The molecule has 1 aliphatic carbocycles. The number of ether oxygens (including phenoxy) is 1. The Morgan fingerprint density at radius 3 is 2.68 bits per heavy atom. The molecule has 3 unspecified atom stereocenters. The van der Waals surface area contributed by atoms with Gasteiger partial charge in [0, 0.05) is 26.2 Å². The molecule has 4 heteroatoms. The van der Waals surface area contributed by atoms with Crippen molar-refractivity contribution in [3.05, 3.63) is 0 Å². The van der Waals surface area contributed by atoms with E-state index in [0.717, 1.165) is 13.1 Å². The smallest absolute Gasteiger partial charge is 0.0767 e. The molecule has 3 atom stereocenters. The van der Waals surface area contributed by atoms with E-state index in [4.69, 9.17) is 10.5 Å². The molecule has 2 aliphatic rings. The van der Waals surface area contributed by atoms with Crippen LogP contribution in [0.5, 0.6) is 0 Å². The molecule has 2 N–H and O–H groups in total. The number of nitrogens with two attached hydrogens (primary N) is 1. The number of hydrogen-bond acceptors (Lipinski definition) is 4. The predicted octanol–water partition coefficient (Wildman–Crippen LogP) is 1.30. The van der Waals surface area contributed by atoms with Crippen molar-refractivity contribution < 1.29 is 4.74 Å². The standard InChI is InChI=1S/C15H31N3O/c1-17(2)11-13-7-6-10-18(13)15(12-16)9-5-4-8-14(15)19-3/h13-14H,4-12,16H2,1-3H3. The summed E-state index contributed by atoms with van der Waals surface area (Å²) in [4.78, 5) is 5.00. The lowest BCUT2D eigenvalue weighted by Gasteiger charge is -2.51. The first-order valence-corrected chi connectivity index (χ1v) is 7.78. The van der Waals surface area contributed by atoms with Crippen molar-refractivity contribution in [2.45, 2.75) is 56.2 Å². The number of rotatable bonds is 5. The number of nitrogens with zero attached hydrogens (tertiary/aromatic N) is 2. The lowest BCUT2D eigenvalue weighted by atomic mass is 9.77. The van der Waals surface area contributed by atoms with Gasteiger partial charge in [-0.05, 0) is 46.3 Å². The molecule has 0 aromatic heterocycles. The Labute approximate surface area is 118 Å². The van der Waals surface area contributed by atoms with Crippen LogP contribution in [0.4, 0.5) is 0 Å². The molecule has 1 saturated carbocycles. The van der Waals surface area contributed by atoms with Crippen LogP contribution in [0.1, 0.15) is 38.5 Å². The minimum atomic E-state index is 0.0875. The Kier molecular flexibility index (Phi) is 5.23. The summed E-state index contributed by atoms with van der Waals surface area (Å²) in [6.07, 6.45) is 7.86. The zero-order valence-corrected chi connectivity index (χ0v) is 12.9. The third kappa shape index (κ3) is 2.97. The minimum Gasteiger partial charge on any atom is -0.379 e. The molecule has 0 radical (unpaired) electrons. The summed E-state index contributed by atoms with van der Waals surface area (Å²) in [6, 6.07) is 0.647. The molecule has 0 spiro atoms. The Bertz CT molecular complexity index is 285. The fraction of sp³-hybridized carbons (Fsp3) is 1.00. The molecule has 1 aliphatic heterocycles. The molecule has 112 valence electrons. The van der Waals surface area contributed by atoms with Crippen molar-refractivity contribution in [3.63, 3.8) is 0 Å². The monoisotopic (exact) mass is 269 g/mol. The summed E-state index contributed by atoms with van der Waals surface area (Å²) in [5.74, 6) is 0. The maximum atomic E-state index is 6.24. The molecule has 1 heterocycles. The molecule has 0 amide bonds. The van der Waals surface area contributed by atoms with Gasteiger partial charge < -0.3 is 15.4 Å². The van der Waals surface area contributed by atoms with Crippen LogP contribution in [0.2, 0.25) is 0 Å². The zero-order valence-electron chi connectivity index (χ0n) is 12.9. The minimum absolute atomic E-state index is 0.0875. The summed E-state index contributed by atoms with van der Waals surface area (Å²) in [5, 5.41) is 0. The maximum absolute atomic E-state index is 6.24. The van der Waals surface area contributed by atoms with Gasteiger partial charge in [0.05, 0.1) is 11.6 Å². The summed E-state index contributed by atoms with van der Waals surface area (Å²) < 4.78 is 5.83. The van der Waals surface area contributed by atoms with Crippen LogP contribution in [0.3, 0.4) is 0 Å². The van der Waals surface area contributed by atoms with Crippen molar-refractivity contribution in [1.29, 1.82) is 0 Å². The zero-order chi connectivity index (χ0) is 13.9. The van der Waals surface area contributed by atoms with Crippen molar-refractivity contribution >= 4 is 0 Å². The molecule has 2 rings (SSSR count). The van der Waals surface area contributed by atoms with E-state index in [-0.39, 0.29) is 5.54 Å². The summed E-state index contributed by atoms with van der Waals surface area (Å²) >= 11 is 0.